The lowest BCUT2D eigenvalue weighted by Gasteiger charge is -2.17. The average molecular weight is 752 g/mol. The summed E-state index contributed by atoms with van der Waals surface area (Å²) in [6.45, 7) is 0. The van der Waals surface area contributed by atoms with Gasteiger partial charge in [0.25, 0.3) is 15.9 Å². The Morgan fingerprint density at radius 2 is 1.51 bits per heavy atom. The molecule has 4 N–H and O–H groups in total. The number of nitrogens with zero attached hydrogens (tertiary/aromatic N) is 5. The Kier molecular flexibility index (Phi) is 11.6. The summed E-state index contributed by atoms with van der Waals surface area (Å²) in [5.74, 6) is -0.265. The van der Waals surface area contributed by atoms with Gasteiger partial charge in [0, 0.05) is 40.4 Å². The monoisotopic (exact) mass is 750 g/mol. The van der Waals surface area contributed by atoms with E-state index in [0.717, 1.165) is 5.56 Å². The van der Waals surface area contributed by atoms with Crippen molar-refractivity contribution in [3.05, 3.63) is 130 Å². The maximum atomic E-state index is 12.6. The number of halogens is 2. The van der Waals surface area contributed by atoms with Crippen molar-refractivity contribution in [3.8, 4) is 11.8 Å². The summed E-state index contributed by atoms with van der Waals surface area (Å²) < 4.78 is 38.1. The fraction of sp³-hybridized carbons (Fsp3) is 0.0909. The molecule has 0 saturated carbocycles. The smallest absolute Gasteiger partial charge is 0.335 e. The minimum absolute atomic E-state index is 0.116. The van der Waals surface area contributed by atoms with E-state index in [1.165, 1.54) is 30.9 Å². The van der Waals surface area contributed by atoms with Crippen LogP contribution in [0.15, 0.2) is 109 Å². The molecule has 15 nitrogen and oxygen atoms in total. The first-order valence-corrected chi connectivity index (χ1v) is 16.9. The summed E-state index contributed by atoms with van der Waals surface area (Å²) in [6, 6.07) is 22.6. The Morgan fingerprint density at radius 3 is 2.18 bits per heavy atom. The quantitative estimate of drug-likeness (QED) is 0.148. The molecule has 0 aliphatic rings. The fourth-order valence-electron chi connectivity index (χ4n) is 4.54. The standard InChI is InChI=1S/C19H15ClN2O2.C14H13ClN6O5S/c20-15-6-7-17(22-19(24)14-8-10-21-11-9-14)16(12-15)18(23)13-4-2-1-3-5-13;1-25-9-7-10(26-2)18-13(17-9)19-14(22)20-27(23,24)12-11(15)16-8-5-3-4-6-21(8)12/h1-12,18,23H,(H,22,24);3-7H,1-2H3,(H2,17,18,19,20,22). The molecule has 262 valence electrons. The number of aromatic nitrogens is 5. The van der Waals surface area contributed by atoms with Crippen molar-refractivity contribution < 1.29 is 32.6 Å². The Bertz CT molecular complexity index is 2260. The number of rotatable bonds is 9. The van der Waals surface area contributed by atoms with E-state index in [9.17, 15) is 23.1 Å². The van der Waals surface area contributed by atoms with Crippen molar-refractivity contribution in [2.75, 3.05) is 24.9 Å². The van der Waals surface area contributed by atoms with Crippen LogP contribution < -0.4 is 24.8 Å². The number of ether oxygens (including phenoxy) is 2. The predicted octanol–water partition coefficient (Wildman–Crippen LogP) is 5.37. The van der Waals surface area contributed by atoms with Crippen molar-refractivity contribution in [2.45, 2.75) is 11.1 Å². The number of urea groups is 1. The van der Waals surface area contributed by atoms with Gasteiger partial charge in [-0.15, -0.1) is 0 Å². The summed E-state index contributed by atoms with van der Waals surface area (Å²) >= 11 is 12.0. The van der Waals surface area contributed by atoms with Gasteiger partial charge in [-0.3, -0.25) is 19.5 Å². The molecular formula is C33H28Cl2N8O7S. The SMILES string of the molecule is COc1cc(OC)nc(NC(=O)NS(=O)(=O)c2c(Cl)nc3ccccn23)n1.O=C(Nc1ccc(Cl)cc1C(O)c1ccccc1)c1ccncc1. The second-order valence-electron chi connectivity index (χ2n) is 10.2. The molecule has 2 aromatic carbocycles. The van der Waals surface area contributed by atoms with Crippen LogP contribution in [0, 0.1) is 0 Å². The van der Waals surface area contributed by atoms with Crippen molar-refractivity contribution in [3.63, 3.8) is 0 Å². The number of benzene rings is 2. The second kappa shape index (κ2) is 16.3. The van der Waals surface area contributed by atoms with E-state index in [1.807, 2.05) is 35.1 Å². The molecule has 1 unspecified atom stereocenters. The molecule has 0 spiro atoms. The molecule has 1 atom stereocenters. The Morgan fingerprint density at radius 1 is 0.843 bits per heavy atom. The van der Waals surface area contributed by atoms with E-state index in [1.54, 1.807) is 60.9 Å². The Balaban J connectivity index is 0.000000199. The van der Waals surface area contributed by atoms with Gasteiger partial charge in [0.2, 0.25) is 17.7 Å². The van der Waals surface area contributed by atoms with Crippen molar-refractivity contribution in [1.29, 1.82) is 0 Å². The van der Waals surface area contributed by atoms with E-state index in [0.29, 0.717) is 27.5 Å². The molecule has 0 bridgehead atoms. The molecule has 18 heteroatoms. The molecular weight excluding hydrogens is 723 g/mol. The van der Waals surface area contributed by atoms with Gasteiger partial charge in [-0.25, -0.2) is 14.5 Å². The molecule has 6 aromatic rings. The van der Waals surface area contributed by atoms with Gasteiger partial charge in [-0.2, -0.15) is 18.4 Å². The zero-order chi connectivity index (χ0) is 36.5. The van der Waals surface area contributed by atoms with Crippen LogP contribution in [-0.4, -0.2) is 64.0 Å². The molecule has 0 fully saturated rings. The normalized spacial score (nSPS) is 11.5. The number of pyridine rings is 2. The maximum absolute atomic E-state index is 12.6. The van der Waals surface area contributed by atoms with Crippen LogP contribution in [0.25, 0.3) is 5.65 Å². The third-order valence-electron chi connectivity index (χ3n) is 6.86. The molecule has 6 rings (SSSR count). The van der Waals surface area contributed by atoms with Gasteiger partial charge < -0.3 is 19.9 Å². The minimum Gasteiger partial charge on any atom is -0.481 e. The van der Waals surface area contributed by atoms with Gasteiger partial charge in [-0.1, -0.05) is 59.6 Å². The summed E-state index contributed by atoms with van der Waals surface area (Å²) in [5.41, 5.74) is 2.57. The van der Waals surface area contributed by atoms with E-state index in [-0.39, 0.29) is 33.8 Å². The number of fused-ring (bicyclic) bond motifs is 1. The second-order valence-corrected chi connectivity index (χ2v) is 12.6. The molecule has 4 heterocycles. The van der Waals surface area contributed by atoms with E-state index < -0.39 is 22.2 Å². The van der Waals surface area contributed by atoms with Crippen LogP contribution in [0.3, 0.4) is 0 Å². The molecule has 3 amide bonds. The number of sulfonamides is 1. The molecule has 0 aliphatic heterocycles. The first-order valence-electron chi connectivity index (χ1n) is 14.7. The number of amides is 3. The number of imidazole rings is 1. The minimum atomic E-state index is -4.34. The summed E-state index contributed by atoms with van der Waals surface area (Å²) in [6.07, 6.45) is 3.67. The first-order chi connectivity index (χ1) is 24.5. The summed E-state index contributed by atoms with van der Waals surface area (Å²) in [5, 5.41) is 15.5. The zero-order valence-electron chi connectivity index (χ0n) is 26.7. The highest BCUT2D eigenvalue weighted by Gasteiger charge is 2.27. The third kappa shape index (κ3) is 9.06. The Hall–Kier alpha value is -5.81. The highest BCUT2D eigenvalue weighted by Crippen LogP contribution is 2.31. The number of methoxy groups -OCH3 is 2. The number of nitrogens with one attached hydrogen (secondary N) is 3. The number of hydrogen-bond donors (Lipinski definition) is 4. The topological polar surface area (TPSA) is 199 Å². The predicted molar refractivity (Wildman–Crippen MR) is 189 cm³/mol. The summed E-state index contributed by atoms with van der Waals surface area (Å²) in [4.78, 5) is 40.1. The van der Waals surface area contributed by atoms with E-state index >= 15 is 0 Å². The number of carbonyl (C=O) groups is 2. The fourth-order valence-corrected chi connectivity index (χ4v) is 6.27. The van der Waals surface area contributed by atoms with Gasteiger partial charge in [0.05, 0.1) is 20.3 Å². The lowest BCUT2D eigenvalue weighted by molar-refractivity contribution is 0.102. The molecule has 51 heavy (non-hydrogen) atoms. The van der Waals surface area contributed by atoms with Gasteiger partial charge in [-0.05, 0) is 48.0 Å². The lowest BCUT2D eigenvalue weighted by atomic mass is 9.99. The number of hydrogen-bond acceptors (Lipinski definition) is 11. The highest BCUT2D eigenvalue weighted by atomic mass is 35.5. The molecule has 0 saturated heterocycles. The van der Waals surface area contributed by atoms with Crippen molar-refractivity contribution >= 4 is 62.4 Å². The zero-order valence-corrected chi connectivity index (χ0v) is 29.0. The Labute approximate surface area is 301 Å². The van der Waals surface area contributed by atoms with Crippen LogP contribution in [0.4, 0.5) is 16.4 Å². The molecule has 0 aliphatic carbocycles. The van der Waals surface area contributed by atoms with Crippen LogP contribution >= 0.6 is 23.2 Å². The van der Waals surface area contributed by atoms with E-state index in [4.69, 9.17) is 32.7 Å². The van der Waals surface area contributed by atoms with Crippen LogP contribution in [-0.2, 0) is 10.0 Å². The number of aliphatic hydroxyl groups excluding tert-OH is 1. The highest BCUT2D eigenvalue weighted by molar-refractivity contribution is 7.90. The van der Waals surface area contributed by atoms with Crippen LogP contribution in [0.2, 0.25) is 10.2 Å². The van der Waals surface area contributed by atoms with Crippen LogP contribution in [0.5, 0.6) is 11.8 Å². The summed E-state index contributed by atoms with van der Waals surface area (Å²) in [7, 11) is -1.61. The lowest BCUT2D eigenvalue weighted by Crippen LogP contribution is -2.35. The number of carbonyl (C=O) groups excluding carboxylic acids is 2. The third-order valence-corrected chi connectivity index (χ3v) is 8.83. The first kappa shape index (κ1) is 36.5. The average Bonchev–Trinajstić information content (AvgIpc) is 3.49. The van der Waals surface area contributed by atoms with Gasteiger partial charge >= 0.3 is 6.03 Å². The number of aliphatic hydroxyl groups is 1. The largest absolute Gasteiger partial charge is 0.481 e. The molecule has 4 aromatic heterocycles. The van der Waals surface area contributed by atoms with Crippen LogP contribution in [0.1, 0.15) is 27.6 Å². The van der Waals surface area contributed by atoms with Gasteiger partial charge in [0.15, 0.2) is 10.2 Å². The van der Waals surface area contributed by atoms with E-state index in [2.05, 4.69) is 30.6 Å². The van der Waals surface area contributed by atoms with Crippen molar-refractivity contribution in [1.82, 2.24) is 29.1 Å². The van der Waals surface area contributed by atoms with Crippen molar-refractivity contribution in [2.24, 2.45) is 0 Å². The number of anilines is 2. The van der Waals surface area contributed by atoms with Gasteiger partial charge in [0.1, 0.15) is 11.8 Å². The maximum Gasteiger partial charge on any atom is 0.335 e. The molecule has 0 radical (unpaired) electrons.